The fourth-order valence-corrected chi connectivity index (χ4v) is 17.6. The molecule has 0 saturated carbocycles. The zero-order chi connectivity index (χ0) is 65.8. The van der Waals surface area contributed by atoms with Gasteiger partial charge < -0.3 is 0 Å². The molecule has 5 aliphatic heterocycles. The summed E-state index contributed by atoms with van der Waals surface area (Å²) in [7, 11) is -17.8. The van der Waals surface area contributed by atoms with Crippen LogP contribution in [-0.4, -0.2) is 74.9 Å². The number of nitrogens with zero attached hydrogens (tertiary/aromatic N) is 6. The van der Waals surface area contributed by atoms with Gasteiger partial charge in [0, 0.05) is 78.6 Å². The van der Waals surface area contributed by atoms with E-state index >= 15 is 0 Å². The normalized spacial score (nSPS) is 16.8. The summed E-state index contributed by atoms with van der Waals surface area (Å²) >= 11 is 29.5. The number of anilines is 5. The van der Waals surface area contributed by atoms with Gasteiger partial charge in [-0.3, -0.25) is 67.9 Å². The summed E-state index contributed by atoms with van der Waals surface area (Å²) in [6.07, 6.45) is 2.75. The summed E-state index contributed by atoms with van der Waals surface area (Å²) in [5.74, 6) is -0.651. The van der Waals surface area contributed by atoms with Crippen LogP contribution in [0.25, 0.3) is 0 Å². The van der Waals surface area contributed by atoms with E-state index in [2.05, 4.69) is 53.6 Å². The highest BCUT2D eigenvalue weighted by Gasteiger charge is 2.54. The molecule has 0 aliphatic carbocycles. The predicted octanol–water partition coefficient (Wildman–Crippen LogP) is 12.9. The van der Waals surface area contributed by atoms with Gasteiger partial charge >= 0.3 is 0 Å². The summed E-state index contributed by atoms with van der Waals surface area (Å²) in [5, 5.41) is 44.9. The fraction of sp³-hybridized carbons (Fsp3) is 0.240. The van der Waals surface area contributed by atoms with Gasteiger partial charge in [-0.2, -0.15) is 0 Å². The van der Waals surface area contributed by atoms with Gasteiger partial charge in [-0.1, -0.05) is 83.6 Å². The number of halogens is 6. The third-order valence-electron chi connectivity index (χ3n) is 12.6. The lowest BCUT2D eigenvalue weighted by molar-refractivity contribution is -0.384. The van der Waals surface area contributed by atoms with Gasteiger partial charge in [0.05, 0.1) is 55.7 Å². The lowest BCUT2D eigenvalue weighted by Crippen LogP contribution is -2.36. The maximum absolute atomic E-state index is 12.6. The summed E-state index contributed by atoms with van der Waals surface area (Å²) < 4.78 is 123. The molecule has 88 heavy (non-hydrogen) atoms. The fourth-order valence-electron chi connectivity index (χ4n) is 8.64. The van der Waals surface area contributed by atoms with Gasteiger partial charge in [0.15, 0.2) is 0 Å². The first-order valence-corrected chi connectivity index (χ1v) is 33.4. The first-order valence-electron chi connectivity index (χ1n) is 23.6. The Bertz CT molecular complexity index is 4250. The average Bonchev–Trinajstić information content (AvgIpc) is 1.70. The van der Waals surface area contributed by atoms with Crippen molar-refractivity contribution in [2.45, 2.75) is 61.9 Å². The SMILES string of the molecule is C.C=C.C=C.C=CCN1c2c([N+](=O)[O-])ccc(Cl)c2C(C)(C)S1(=O)=O.C=CCN1c2c([N+](=O)[O-])ccc(Cl)c2CS1(=O)=O.CC1(C)c2c(Cl)ccc([N+](=O)[O-])c2NS1(=O)=O.F.O=S1(=O)Cc2c(Cl)cccc2N1.O=[N+]([O-])c1ccc(Cl)c2c1NS(=O)(=O)C2.[HH]. The van der Waals surface area contributed by atoms with Crippen LogP contribution in [-0.2, 0) is 76.9 Å². The Kier molecular flexibility index (Phi) is 25.3. The molecule has 0 amide bonds. The molecule has 5 aliphatic rings. The Labute approximate surface area is 533 Å². The van der Waals surface area contributed by atoms with Gasteiger partial charge in [-0.15, -0.1) is 39.5 Å². The number of nitrogens with one attached hydrogen (secondary N) is 3. The Morgan fingerprint density at radius 1 is 0.511 bits per heavy atom. The van der Waals surface area contributed by atoms with Crippen LogP contribution in [0.15, 0.2) is 118 Å². The monoisotopic (exact) mass is 1430 g/mol. The summed E-state index contributed by atoms with van der Waals surface area (Å²) in [5.41, 5.74) is 1.20. The van der Waals surface area contributed by atoms with Gasteiger partial charge in [-0.05, 0) is 64.1 Å². The van der Waals surface area contributed by atoms with Crippen molar-refractivity contribution in [2.75, 3.05) is 35.9 Å². The number of hydrogen-bond donors (Lipinski definition) is 3. The molecule has 0 unspecified atom stereocenters. The van der Waals surface area contributed by atoms with Crippen LogP contribution >= 0.6 is 58.0 Å². The molecule has 0 atom stereocenters. The van der Waals surface area contributed by atoms with Crippen molar-refractivity contribution < 1.29 is 67.9 Å². The van der Waals surface area contributed by atoms with E-state index in [-0.39, 0.29) is 132 Å². The van der Waals surface area contributed by atoms with E-state index in [1.54, 1.807) is 18.2 Å². The molecule has 0 aromatic heterocycles. The number of benzene rings is 5. The highest BCUT2D eigenvalue weighted by Crippen LogP contribution is 2.54. The van der Waals surface area contributed by atoms with Crippen LogP contribution in [0.5, 0.6) is 0 Å². The number of nitro benzene ring substituents is 4. The first kappa shape index (κ1) is 76.9. The molecule has 0 radical (unpaired) electrons. The largest absolute Gasteiger partial charge is 0.293 e. The molecule has 38 heteroatoms. The van der Waals surface area contributed by atoms with Crippen LogP contribution in [0.3, 0.4) is 0 Å². The molecule has 3 N–H and O–H groups in total. The van der Waals surface area contributed by atoms with E-state index in [1.807, 2.05) is 0 Å². The highest BCUT2D eigenvalue weighted by atomic mass is 35.5. The molecular formula is C50H57Cl5FN9O18S5. The molecular weight excluding hydrogens is 1370 g/mol. The second-order valence-electron chi connectivity index (χ2n) is 18.5. The maximum atomic E-state index is 12.6. The van der Waals surface area contributed by atoms with Crippen molar-refractivity contribution in [2.24, 2.45) is 0 Å². The zero-order valence-corrected chi connectivity index (χ0v) is 53.5. The second kappa shape index (κ2) is 29.0. The van der Waals surface area contributed by atoms with E-state index in [0.29, 0.717) is 16.3 Å². The van der Waals surface area contributed by atoms with Crippen LogP contribution in [0.1, 0.15) is 64.4 Å². The molecule has 0 fully saturated rings. The van der Waals surface area contributed by atoms with E-state index in [4.69, 9.17) is 58.0 Å². The summed E-state index contributed by atoms with van der Waals surface area (Å²) in [4.78, 5) is 41.0. The topological polar surface area (TPSA) is 386 Å². The van der Waals surface area contributed by atoms with Crippen molar-refractivity contribution in [1.29, 1.82) is 0 Å². The van der Waals surface area contributed by atoms with Crippen molar-refractivity contribution in [3.63, 3.8) is 0 Å². The van der Waals surface area contributed by atoms with Crippen molar-refractivity contribution in [3.8, 4) is 0 Å². The van der Waals surface area contributed by atoms with Crippen LogP contribution in [0, 0.1) is 40.5 Å². The number of nitro groups is 4. The number of fused-ring (bicyclic) bond motifs is 5. The van der Waals surface area contributed by atoms with E-state index in [1.165, 1.54) is 88.4 Å². The minimum atomic E-state index is -3.79. The Morgan fingerprint density at radius 3 is 1.39 bits per heavy atom. The van der Waals surface area contributed by atoms with Crippen LogP contribution in [0.2, 0.25) is 25.1 Å². The lowest BCUT2D eigenvalue weighted by Gasteiger charge is -2.21. The molecule has 10 rings (SSSR count). The second-order valence-corrected chi connectivity index (χ2v) is 30.5. The Hall–Kier alpha value is -7.21. The van der Waals surface area contributed by atoms with Crippen molar-refractivity contribution >= 4 is 159 Å². The Balaban J connectivity index is 0.000000547. The molecule has 27 nitrogen and oxygen atoms in total. The quantitative estimate of drug-likeness (QED) is 0.0738. The lowest BCUT2D eigenvalue weighted by atomic mass is 9.99. The van der Waals surface area contributed by atoms with E-state index < -0.39 is 79.3 Å². The van der Waals surface area contributed by atoms with E-state index in [9.17, 15) is 82.5 Å². The molecule has 5 aromatic rings. The first-order chi connectivity index (χ1) is 39.7. The molecule has 5 aromatic carbocycles. The Morgan fingerprint density at radius 2 is 0.909 bits per heavy atom. The number of sulfonamides is 5. The third-order valence-corrected chi connectivity index (χ3v) is 22.7. The molecule has 0 saturated heterocycles. The minimum absolute atomic E-state index is 0. The molecule has 0 bridgehead atoms. The zero-order valence-electron chi connectivity index (χ0n) is 45.7. The van der Waals surface area contributed by atoms with E-state index in [0.717, 1.165) is 8.61 Å². The smallest absolute Gasteiger partial charge is 0.283 e. The minimum Gasteiger partial charge on any atom is -0.283 e. The van der Waals surface area contributed by atoms with Crippen LogP contribution < -0.4 is 22.8 Å². The predicted molar refractivity (Wildman–Crippen MR) is 345 cm³/mol. The number of hydrogen-bond acceptors (Lipinski definition) is 18. The highest BCUT2D eigenvalue weighted by molar-refractivity contribution is 7.94. The third kappa shape index (κ3) is 15.3. The maximum Gasteiger partial charge on any atom is 0.293 e. The number of rotatable bonds is 8. The van der Waals surface area contributed by atoms with Crippen LogP contribution in [0.4, 0.5) is 55.9 Å². The van der Waals surface area contributed by atoms with Crippen molar-refractivity contribution in [3.05, 3.63) is 212 Å². The summed E-state index contributed by atoms with van der Waals surface area (Å²) in [6.45, 7) is 24.8. The molecule has 5 heterocycles. The van der Waals surface area contributed by atoms with Gasteiger partial charge in [-0.25, -0.2) is 42.1 Å². The standard InChI is InChI=1S/C12H13ClN2O4S.C10H9ClN2O4S.C9H9ClN2O4S.C7H5ClN2O4S.C7H6ClNO2S.2C2H4.CH4.FH.H2/c1-4-7-14-11-9(15(16)17)6-5-8(13)10(11)12(2,3)20(14,18)19;1-2-5-12-10-7(6-18(12,16)17)8(11)3-4-9(10)13(14)15;1-9(2)7-5(10)3-4-6(12(13)14)8(7)11-17(9,15)16;8-5-1-2-6(10(11)12)7-4(5)3-15(13,14)9-7;8-6-2-1-3-7-5(6)4-12(10,11)9-7;2*1-2;;;/h4-6H,1,7H2,2-3H3;2-4H,1,5-6H2;3-4,11H,1-2H3;1-2,9H,3H2;1-3,9H,4H2;2*1-2H2;1H4;2*1H. The molecule has 0 spiro atoms. The summed E-state index contributed by atoms with van der Waals surface area (Å²) in [6, 6.07) is 15.2. The van der Waals surface area contributed by atoms with Gasteiger partial charge in [0.2, 0.25) is 50.1 Å². The van der Waals surface area contributed by atoms with Gasteiger partial charge in [0.1, 0.15) is 32.2 Å². The molecule has 482 valence electrons. The average molecular weight is 1430 g/mol. The van der Waals surface area contributed by atoms with Crippen molar-refractivity contribution in [1.82, 2.24) is 0 Å². The van der Waals surface area contributed by atoms with Gasteiger partial charge in [0.25, 0.3) is 22.7 Å².